The Bertz CT molecular complexity index is 138. The van der Waals surface area contributed by atoms with Crippen molar-refractivity contribution in [2.45, 2.75) is 59.8 Å². The summed E-state index contributed by atoms with van der Waals surface area (Å²) < 4.78 is 0. The van der Waals surface area contributed by atoms with Gasteiger partial charge in [-0.1, -0.05) is 40.5 Å². The summed E-state index contributed by atoms with van der Waals surface area (Å²) in [7, 11) is 0. The van der Waals surface area contributed by atoms with Crippen LogP contribution in [-0.2, 0) is 0 Å². The molecule has 0 heterocycles. The summed E-state index contributed by atoms with van der Waals surface area (Å²) in [6.07, 6.45) is 6.60. The Kier molecular flexibility index (Phi) is 12.3. The summed E-state index contributed by atoms with van der Waals surface area (Å²) in [4.78, 5) is 2.62. The van der Waals surface area contributed by atoms with Crippen molar-refractivity contribution >= 4 is 0 Å². The number of rotatable bonds is 12. The van der Waals surface area contributed by atoms with Crippen LogP contribution in [0, 0.1) is 5.92 Å². The van der Waals surface area contributed by atoms with Gasteiger partial charge in [0.1, 0.15) is 0 Å². The topological polar surface area (TPSA) is 15.3 Å². The van der Waals surface area contributed by atoms with Crippen LogP contribution in [0.5, 0.6) is 0 Å². The maximum absolute atomic E-state index is 3.56. The number of hydrogen-bond donors (Lipinski definition) is 1. The zero-order valence-electron chi connectivity index (χ0n) is 12.6. The van der Waals surface area contributed by atoms with E-state index in [1.807, 2.05) is 0 Å². The second kappa shape index (κ2) is 12.4. The van der Waals surface area contributed by atoms with E-state index in [0.29, 0.717) is 0 Å². The molecule has 0 radical (unpaired) electrons. The van der Waals surface area contributed by atoms with Gasteiger partial charge in [0.15, 0.2) is 0 Å². The highest BCUT2D eigenvalue weighted by Crippen LogP contribution is 1.99. The largest absolute Gasteiger partial charge is 0.315 e. The quantitative estimate of drug-likeness (QED) is 0.527. The van der Waals surface area contributed by atoms with Crippen LogP contribution in [-0.4, -0.2) is 37.6 Å². The van der Waals surface area contributed by atoms with E-state index in [0.717, 1.165) is 12.5 Å². The third kappa shape index (κ3) is 12.2. The molecule has 17 heavy (non-hydrogen) atoms. The zero-order chi connectivity index (χ0) is 12.9. The molecular formula is C15H34N2. The Hall–Kier alpha value is -0.0800. The van der Waals surface area contributed by atoms with Crippen molar-refractivity contribution < 1.29 is 0 Å². The van der Waals surface area contributed by atoms with Crippen LogP contribution in [0.4, 0.5) is 0 Å². The molecule has 2 nitrogen and oxygen atoms in total. The van der Waals surface area contributed by atoms with Gasteiger partial charge in [-0.3, -0.25) is 0 Å². The Balaban J connectivity index is 3.52. The molecular weight excluding hydrogens is 208 g/mol. The van der Waals surface area contributed by atoms with Crippen LogP contribution >= 0.6 is 0 Å². The number of nitrogens with zero attached hydrogens (tertiary/aromatic N) is 1. The molecule has 0 saturated heterocycles. The molecule has 0 rings (SSSR count). The molecule has 0 saturated carbocycles. The normalized spacial score (nSPS) is 11.6. The molecule has 104 valence electrons. The average molecular weight is 242 g/mol. The fourth-order valence-electron chi connectivity index (χ4n) is 1.85. The first-order chi connectivity index (χ1) is 8.20. The molecule has 0 amide bonds. The molecule has 0 unspecified atom stereocenters. The lowest BCUT2D eigenvalue weighted by Crippen LogP contribution is -2.34. The Morgan fingerprint density at radius 2 is 1.47 bits per heavy atom. The number of hydrogen-bond acceptors (Lipinski definition) is 2. The van der Waals surface area contributed by atoms with E-state index in [2.05, 4.69) is 37.9 Å². The summed E-state index contributed by atoms with van der Waals surface area (Å²) in [6, 6.07) is 0. The first kappa shape index (κ1) is 16.9. The molecule has 0 aliphatic carbocycles. The Morgan fingerprint density at radius 1 is 0.882 bits per heavy atom. The minimum Gasteiger partial charge on any atom is -0.315 e. The summed E-state index contributed by atoms with van der Waals surface area (Å²) in [5.74, 6) is 0.818. The van der Waals surface area contributed by atoms with Crippen LogP contribution < -0.4 is 5.32 Å². The molecule has 0 aromatic heterocycles. The molecule has 0 bridgehead atoms. The predicted octanol–water partition coefficient (Wildman–Crippen LogP) is 3.52. The molecule has 0 atom stereocenters. The highest BCUT2D eigenvalue weighted by molar-refractivity contribution is 4.60. The molecule has 0 aliphatic heterocycles. The van der Waals surface area contributed by atoms with Crippen molar-refractivity contribution in [2.75, 3.05) is 32.7 Å². The van der Waals surface area contributed by atoms with E-state index in [-0.39, 0.29) is 0 Å². The fourth-order valence-corrected chi connectivity index (χ4v) is 1.85. The van der Waals surface area contributed by atoms with E-state index in [1.54, 1.807) is 0 Å². The molecule has 0 aromatic carbocycles. The van der Waals surface area contributed by atoms with E-state index in [9.17, 15) is 0 Å². The zero-order valence-corrected chi connectivity index (χ0v) is 12.6. The van der Waals surface area contributed by atoms with Gasteiger partial charge in [0.05, 0.1) is 0 Å². The average Bonchev–Trinajstić information content (AvgIpc) is 2.30. The lowest BCUT2D eigenvalue weighted by molar-refractivity contribution is 0.264. The highest BCUT2D eigenvalue weighted by Gasteiger charge is 2.03. The number of nitrogens with one attached hydrogen (secondary N) is 1. The second-order valence-corrected chi connectivity index (χ2v) is 5.48. The molecule has 1 N–H and O–H groups in total. The first-order valence-corrected chi connectivity index (χ1v) is 7.63. The van der Waals surface area contributed by atoms with Gasteiger partial charge in [-0.25, -0.2) is 0 Å². The molecule has 0 aliphatic rings. The number of unbranched alkanes of at least 4 members (excludes halogenated alkanes) is 2. The monoisotopic (exact) mass is 242 g/mol. The molecule has 0 fully saturated rings. The van der Waals surface area contributed by atoms with E-state index in [4.69, 9.17) is 0 Å². The van der Waals surface area contributed by atoms with Crippen LogP contribution in [0.15, 0.2) is 0 Å². The lowest BCUT2D eigenvalue weighted by Gasteiger charge is -2.22. The van der Waals surface area contributed by atoms with Crippen molar-refractivity contribution in [3.05, 3.63) is 0 Å². The van der Waals surface area contributed by atoms with E-state index in [1.165, 1.54) is 58.3 Å². The standard InChI is InChI=1S/C15H34N2/c1-5-7-12-17(13-8-6-2)14-11-16-10-9-15(3)4/h15-16H,5-14H2,1-4H3. The third-order valence-electron chi connectivity index (χ3n) is 3.16. The maximum Gasteiger partial charge on any atom is 0.0107 e. The third-order valence-corrected chi connectivity index (χ3v) is 3.16. The molecule has 0 aromatic rings. The smallest absolute Gasteiger partial charge is 0.0107 e. The maximum atomic E-state index is 3.56. The fraction of sp³-hybridized carbons (Fsp3) is 1.00. The van der Waals surface area contributed by atoms with Gasteiger partial charge in [0.25, 0.3) is 0 Å². The van der Waals surface area contributed by atoms with Gasteiger partial charge in [0.2, 0.25) is 0 Å². The van der Waals surface area contributed by atoms with Crippen molar-refractivity contribution in [3.8, 4) is 0 Å². The summed E-state index contributed by atoms with van der Waals surface area (Å²) in [6.45, 7) is 15.2. The lowest BCUT2D eigenvalue weighted by atomic mass is 10.1. The van der Waals surface area contributed by atoms with Gasteiger partial charge in [-0.15, -0.1) is 0 Å². The highest BCUT2D eigenvalue weighted by atomic mass is 15.1. The minimum absolute atomic E-state index is 0.818. The van der Waals surface area contributed by atoms with Crippen LogP contribution in [0.2, 0.25) is 0 Å². The molecule has 2 heteroatoms. The Labute approximate surface area is 109 Å². The Morgan fingerprint density at radius 3 is 1.94 bits per heavy atom. The minimum atomic E-state index is 0.818. The van der Waals surface area contributed by atoms with E-state index >= 15 is 0 Å². The van der Waals surface area contributed by atoms with Crippen molar-refractivity contribution in [1.82, 2.24) is 10.2 Å². The summed E-state index contributed by atoms with van der Waals surface area (Å²) in [5.41, 5.74) is 0. The van der Waals surface area contributed by atoms with Crippen molar-refractivity contribution in [2.24, 2.45) is 5.92 Å². The first-order valence-electron chi connectivity index (χ1n) is 7.63. The van der Waals surface area contributed by atoms with Gasteiger partial charge < -0.3 is 10.2 Å². The van der Waals surface area contributed by atoms with E-state index < -0.39 is 0 Å². The predicted molar refractivity (Wildman–Crippen MR) is 78.6 cm³/mol. The van der Waals surface area contributed by atoms with Crippen LogP contribution in [0.1, 0.15) is 59.8 Å². The molecule has 0 spiro atoms. The van der Waals surface area contributed by atoms with Crippen molar-refractivity contribution in [1.29, 1.82) is 0 Å². The summed E-state index contributed by atoms with van der Waals surface area (Å²) >= 11 is 0. The SMILES string of the molecule is CCCCN(CCCC)CCNCCC(C)C. The van der Waals surface area contributed by atoms with Gasteiger partial charge in [-0.2, -0.15) is 0 Å². The van der Waals surface area contributed by atoms with Crippen LogP contribution in [0.25, 0.3) is 0 Å². The van der Waals surface area contributed by atoms with Crippen LogP contribution in [0.3, 0.4) is 0 Å². The van der Waals surface area contributed by atoms with Gasteiger partial charge in [-0.05, 0) is 44.8 Å². The van der Waals surface area contributed by atoms with Gasteiger partial charge in [0, 0.05) is 13.1 Å². The van der Waals surface area contributed by atoms with Crippen molar-refractivity contribution in [3.63, 3.8) is 0 Å². The summed E-state index contributed by atoms with van der Waals surface area (Å²) in [5, 5.41) is 3.56. The van der Waals surface area contributed by atoms with Gasteiger partial charge >= 0.3 is 0 Å². The second-order valence-electron chi connectivity index (χ2n) is 5.48.